The van der Waals surface area contributed by atoms with Crippen LogP contribution in [0.5, 0.6) is 5.75 Å². The van der Waals surface area contributed by atoms with Gasteiger partial charge in [-0.15, -0.1) is 12.4 Å². The number of hydrogen-bond donors (Lipinski definition) is 1. The van der Waals surface area contributed by atoms with Gasteiger partial charge in [0, 0.05) is 5.92 Å². The van der Waals surface area contributed by atoms with Crippen LogP contribution < -0.4 is 10.1 Å². The topological polar surface area (TPSA) is 54.3 Å². The van der Waals surface area contributed by atoms with E-state index >= 15 is 0 Å². The summed E-state index contributed by atoms with van der Waals surface area (Å²) in [6.07, 6.45) is 3.58. The number of nitrogens with one attached hydrogen (secondary N) is 1. The van der Waals surface area contributed by atoms with Gasteiger partial charge in [0.2, 0.25) is 0 Å². The summed E-state index contributed by atoms with van der Waals surface area (Å²) in [6.45, 7) is 1.72. The van der Waals surface area contributed by atoms with Gasteiger partial charge in [0.05, 0.1) is 37.8 Å². The molecule has 1 spiro atoms. The normalized spacial score (nSPS) is 26.4. The SMILES string of the molecule is COc1ccc(CC#N)cc1[C@H]1CO[C@]2(CCCN[C@H]2c2ccccc2)C1.Cl. The van der Waals surface area contributed by atoms with E-state index in [9.17, 15) is 0 Å². The van der Waals surface area contributed by atoms with Gasteiger partial charge in [-0.3, -0.25) is 0 Å². The fraction of sp³-hybridized carbons (Fsp3) is 0.435. The van der Waals surface area contributed by atoms with Gasteiger partial charge in [0.1, 0.15) is 5.75 Å². The van der Waals surface area contributed by atoms with Crippen LogP contribution in [0.2, 0.25) is 0 Å². The standard InChI is InChI=1S/C23H26N2O2.ClH/c1-26-21-9-8-17(10-12-24)14-20(21)19-15-23(27-16-19)11-5-13-25-22(23)18-6-3-2-4-7-18;/h2-4,6-9,14,19,22,25H,5,10-11,13,15-16H2,1H3;1H/t19-,22+,23-;/m1./s1. The van der Waals surface area contributed by atoms with Crippen molar-refractivity contribution in [2.45, 2.75) is 43.2 Å². The zero-order valence-corrected chi connectivity index (χ0v) is 17.0. The van der Waals surface area contributed by atoms with Gasteiger partial charge in [-0.05, 0) is 48.6 Å². The first kappa shape index (κ1) is 20.7. The second-order valence-electron chi connectivity index (χ2n) is 7.59. The second-order valence-corrected chi connectivity index (χ2v) is 7.59. The summed E-state index contributed by atoms with van der Waals surface area (Å²) in [6, 6.07) is 19.2. The van der Waals surface area contributed by atoms with Crippen LogP contribution in [0.15, 0.2) is 48.5 Å². The predicted molar refractivity (Wildman–Crippen MR) is 112 cm³/mol. The molecule has 1 N–H and O–H groups in total. The van der Waals surface area contributed by atoms with E-state index < -0.39 is 0 Å². The number of hydrogen-bond acceptors (Lipinski definition) is 4. The van der Waals surface area contributed by atoms with Crippen molar-refractivity contribution in [3.05, 3.63) is 65.2 Å². The molecule has 0 saturated carbocycles. The average Bonchev–Trinajstić information content (AvgIpc) is 3.13. The third-order valence-electron chi connectivity index (χ3n) is 5.97. The Hall–Kier alpha value is -2.06. The fourth-order valence-electron chi connectivity index (χ4n) is 4.71. The largest absolute Gasteiger partial charge is 0.496 e. The molecule has 0 amide bonds. The molecule has 2 saturated heterocycles. The molecule has 3 atom stereocenters. The van der Waals surface area contributed by atoms with E-state index in [-0.39, 0.29) is 30.0 Å². The van der Waals surface area contributed by atoms with E-state index in [4.69, 9.17) is 14.7 Å². The number of rotatable bonds is 4. The van der Waals surface area contributed by atoms with Crippen LogP contribution in [0.4, 0.5) is 0 Å². The van der Waals surface area contributed by atoms with E-state index in [1.807, 2.05) is 12.1 Å². The summed E-state index contributed by atoms with van der Waals surface area (Å²) in [7, 11) is 1.71. The van der Waals surface area contributed by atoms with Crippen LogP contribution in [-0.2, 0) is 11.2 Å². The van der Waals surface area contributed by atoms with Gasteiger partial charge in [-0.1, -0.05) is 42.5 Å². The van der Waals surface area contributed by atoms with Crippen molar-refractivity contribution in [1.29, 1.82) is 5.26 Å². The van der Waals surface area contributed by atoms with Gasteiger partial charge in [0.15, 0.2) is 0 Å². The highest BCUT2D eigenvalue weighted by atomic mass is 35.5. The number of halogens is 1. The minimum absolute atomic E-state index is 0. The molecule has 0 unspecified atom stereocenters. The highest BCUT2D eigenvalue weighted by Gasteiger charge is 2.49. The van der Waals surface area contributed by atoms with Crippen LogP contribution >= 0.6 is 12.4 Å². The van der Waals surface area contributed by atoms with Crippen molar-refractivity contribution in [1.82, 2.24) is 5.32 Å². The molecule has 2 aromatic rings. The maximum atomic E-state index is 9.05. The van der Waals surface area contributed by atoms with E-state index in [0.717, 1.165) is 37.1 Å². The third-order valence-corrected chi connectivity index (χ3v) is 5.97. The number of ether oxygens (including phenoxy) is 2. The quantitative estimate of drug-likeness (QED) is 0.820. The van der Waals surface area contributed by atoms with Gasteiger partial charge in [-0.25, -0.2) is 0 Å². The first-order valence-electron chi connectivity index (χ1n) is 9.72. The molecule has 148 valence electrons. The molecule has 4 rings (SSSR count). The molecule has 0 aromatic heterocycles. The summed E-state index contributed by atoms with van der Waals surface area (Å²) in [5.41, 5.74) is 3.32. The van der Waals surface area contributed by atoms with Crippen molar-refractivity contribution in [2.24, 2.45) is 0 Å². The lowest BCUT2D eigenvalue weighted by Crippen LogP contribution is -2.48. The number of benzene rings is 2. The van der Waals surface area contributed by atoms with Crippen molar-refractivity contribution >= 4 is 12.4 Å². The smallest absolute Gasteiger partial charge is 0.122 e. The second kappa shape index (κ2) is 8.96. The average molecular weight is 399 g/mol. The van der Waals surface area contributed by atoms with E-state index in [1.165, 1.54) is 11.1 Å². The molecule has 2 aromatic carbocycles. The maximum Gasteiger partial charge on any atom is 0.122 e. The van der Waals surface area contributed by atoms with Crippen LogP contribution in [0.3, 0.4) is 0 Å². The summed E-state index contributed by atoms with van der Waals surface area (Å²) in [4.78, 5) is 0. The first-order valence-corrected chi connectivity index (χ1v) is 9.72. The van der Waals surface area contributed by atoms with E-state index in [2.05, 4.69) is 47.8 Å². The van der Waals surface area contributed by atoms with E-state index in [1.54, 1.807) is 7.11 Å². The summed E-state index contributed by atoms with van der Waals surface area (Å²) in [5, 5.41) is 12.7. The molecule has 28 heavy (non-hydrogen) atoms. The van der Waals surface area contributed by atoms with Crippen LogP contribution in [-0.4, -0.2) is 25.9 Å². The number of nitriles is 1. The van der Waals surface area contributed by atoms with Crippen molar-refractivity contribution < 1.29 is 9.47 Å². The number of methoxy groups -OCH3 is 1. The molecule has 4 nitrogen and oxygen atoms in total. The van der Waals surface area contributed by atoms with Crippen LogP contribution in [0.1, 0.15) is 47.9 Å². The van der Waals surface area contributed by atoms with Crippen LogP contribution in [0.25, 0.3) is 0 Å². The monoisotopic (exact) mass is 398 g/mol. The number of piperidine rings is 1. The molecule has 0 bridgehead atoms. The highest BCUT2D eigenvalue weighted by Crippen LogP contribution is 2.49. The Balaban J connectivity index is 0.00000225. The lowest BCUT2D eigenvalue weighted by Gasteiger charge is -2.41. The predicted octanol–water partition coefficient (Wildman–Crippen LogP) is 4.55. The molecule has 2 aliphatic heterocycles. The van der Waals surface area contributed by atoms with Crippen molar-refractivity contribution in [3.63, 3.8) is 0 Å². The molecule has 0 radical (unpaired) electrons. The summed E-state index contributed by atoms with van der Waals surface area (Å²) >= 11 is 0. The van der Waals surface area contributed by atoms with E-state index in [0.29, 0.717) is 13.0 Å². The molecule has 2 aliphatic rings. The third kappa shape index (κ3) is 3.89. The maximum absolute atomic E-state index is 9.05. The van der Waals surface area contributed by atoms with Gasteiger partial charge in [0.25, 0.3) is 0 Å². The summed E-state index contributed by atoms with van der Waals surface area (Å²) < 4.78 is 12.2. The summed E-state index contributed by atoms with van der Waals surface area (Å²) in [5.74, 6) is 1.17. The van der Waals surface area contributed by atoms with Crippen LogP contribution in [0, 0.1) is 11.3 Å². The minimum Gasteiger partial charge on any atom is -0.496 e. The molecule has 2 heterocycles. The number of nitrogens with zero attached hydrogens (tertiary/aromatic N) is 1. The van der Waals surface area contributed by atoms with Crippen molar-refractivity contribution in [3.8, 4) is 11.8 Å². The van der Waals surface area contributed by atoms with Crippen molar-refractivity contribution in [2.75, 3.05) is 20.3 Å². The zero-order chi connectivity index (χ0) is 18.7. The lowest BCUT2D eigenvalue weighted by molar-refractivity contribution is -0.0484. The Morgan fingerprint density at radius 3 is 2.82 bits per heavy atom. The molecule has 5 heteroatoms. The lowest BCUT2D eigenvalue weighted by atomic mass is 9.76. The molecule has 0 aliphatic carbocycles. The Labute approximate surface area is 173 Å². The minimum atomic E-state index is -0.180. The Morgan fingerprint density at radius 2 is 2.07 bits per heavy atom. The van der Waals surface area contributed by atoms with Gasteiger partial charge >= 0.3 is 0 Å². The first-order chi connectivity index (χ1) is 13.3. The fourth-order valence-corrected chi connectivity index (χ4v) is 4.71. The molecular weight excluding hydrogens is 372 g/mol. The Bertz CT molecular complexity index is 836. The zero-order valence-electron chi connectivity index (χ0n) is 16.2. The Kier molecular flexibility index (Phi) is 6.61. The Morgan fingerprint density at radius 1 is 1.25 bits per heavy atom. The van der Waals surface area contributed by atoms with Gasteiger partial charge in [-0.2, -0.15) is 5.26 Å². The molecule has 2 fully saturated rings. The molecular formula is C23H27ClN2O2. The highest BCUT2D eigenvalue weighted by molar-refractivity contribution is 5.85. The van der Waals surface area contributed by atoms with Gasteiger partial charge < -0.3 is 14.8 Å².